The van der Waals surface area contributed by atoms with Crippen LogP contribution in [0.15, 0.2) is 18.2 Å². The van der Waals surface area contributed by atoms with Crippen molar-refractivity contribution in [2.45, 2.75) is 19.9 Å². The molecule has 0 fully saturated rings. The number of alkyl halides is 1. The Balaban J connectivity index is 3.03. The molecule has 0 saturated carbocycles. The number of benzene rings is 1. The van der Waals surface area contributed by atoms with E-state index in [2.05, 4.69) is 21.2 Å². The van der Waals surface area contributed by atoms with Crippen LogP contribution in [-0.2, 0) is 0 Å². The standard InChI is InChI=1S/C12H14BrClN2O3/c1-7(2)10(6-13)15-12(17)9-4-3-8(14)5-11(9)16(18)19/h3-5,7,10H,6H2,1-2H3,(H,15,17). The number of amides is 1. The second-order valence-electron chi connectivity index (χ2n) is 4.40. The average Bonchev–Trinajstić information content (AvgIpc) is 2.34. The topological polar surface area (TPSA) is 72.2 Å². The quantitative estimate of drug-likeness (QED) is 0.503. The van der Waals surface area contributed by atoms with Crippen molar-refractivity contribution in [2.24, 2.45) is 5.92 Å². The first kappa shape index (κ1) is 15.9. The van der Waals surface area contributed by atoms with Gasteiger partial charge in [0.1, 0.15) is 5.56 Å². The fourth-order valence-corrected chi connectivity index (χ4v) is 2.55. The normalized spacial score (nSPS) is 12.3. The molecule has 19 heavy (non-hydrogen) atoms. The van der Waals surface area contributed by atoms with Crippen molar-refractivity contribution in [3.63, 3.8) is 0 Å². The third kappa shape index (κ3) is 4.18. The zero-order valence-electron chi connectivity index (χ0n) is 10.5. The predicted octanol–water partition coefficient (Wildman–Crippen LogP) is 3.40. The molecule has 0 aliphatic rings. The van der Waals surface area contributed by atoms with Crippen LogP contribution in [0.1, 0.15) is 24.2 Å². The highest BCUT2D eigenvalue weighted by Crippen LogP contribution is 2.23. The Labute approximate surface area is 124 Å². The van der Waals surface area contributed by atoms with E-state index in [1.165, 1.54) is 18.2 Å². The van der Waals surface area contributed by atoms with Gasteiger partial charge in [0.15, 0.2) is 0 Å². The molecule has 0 saturated heterocycles. The van der Waals surface area contributed by atoms with Gasteiger partial charge in [-0.15, -0.1) is 0 Å². The highest BCUT2D eigenvalue weighted by Gasteiger charge is 2.23. The minimum atomic E-state index is -0.612. The van der Waals surface area contributed by atoms with Crippen LogP contribution in [-0.4, -0.2) is 22.2 Å². The van der Waals surface area contributed by atoms with E-state index in [4.69, 9.17) is 11.6 Å². The average molecular weight is 350 g/mol. The summed E-state index contributed by atoms with van der Waals surface area (Å²) in [6.45, 7) is 3.92. The summed E-state index contributed by atoms with van der Waals surface area (Å²) in [6, 6.07) is 3.90. The van der Waals surface area contributed by atoms with E-state index in [1.807, 2.05) is 13.8 Å². The van der Waals surface area contributed by atoms with Crippen LogP contribution in [0, 0.1) is 16.0 Å². The summed E-state index contributed by atoms with van der Waals surface area (Å²) in [7, 11) is 0. The van der Waals surface area contributed by atoms with Gasteiger partial charge in [-0.05, 0) is 18.1 Å². The Bertz CT molecular complexity index is 494. The lowest BCUT2D eigenvalue weighted by molar-refractivity contribution is -0.385. The number of rotatable bonds is 5. The van der Waals surface area contributed by atoms with Crippen molar-refractivity contribution in [3.8, 4) is 0 Å². The van der Waals surface area contributed by atoms with Gasteiger partial charge < -0.3 is 5.32 Å². The Morgan fingerprint density at radius 2 is 2.16 bits per heavy atom. The van der Waals surface area contributed by atoms with Gasteiger partial charge in [-0.2, -0.15) is 0 Å². The van der Waals surface area contributed by atoms with Crippen molar-refractivity contribution in [2.75, 3.05) is 5.33 Å². The second-order valence-corrected chi connectivity index (χ2v) is 5.48. The van der Waals surface area contributed by atoms with Gasteiger partial charge in [-0.3, -0.25) is 14.9 Å². The van der Waals surface area contributed by atoms with Gasteiger partial charge in [-0.1, -0.05) is 41.4 Å². The van der Waals surface area contributed by atoms with Crippen LogP contribution in [0.5, 0.6) is 0 Å². The van der Waals surface area contributed by atoms with Crippen LogP contribution in [0.2, 0.25) is 5.02 Å². The van der Waals surface area contributed by atoms with Crippen molar-refractivity contribution < 1.29 is 9.72 Å². The fraction of sp³-hybridized carbons (Fsp3) is 0.417. The van der Waals surface area contributed by atoms with Crippen molar-refractivity contribution in [1.82, 2.24) is 5.32 Å². The van der Waals surface area contributed by atoms with Crippen LogP contribution in [0.4, 0.5) is 5.69 Å². The molecule has 1 aromatic rings. The first-order valence-corrected chi connectivity index (χ1v) is 7.17. The monoisotopic (exact) mass is 348 g/mol. The first-order valence-electron chi connectivity index (χ1n) is 5.67. The summed E-state index contributed by atoms with van der Waals surface area (Å²) >= 11 is 9.01. The number of hydrogen-bond acceptors (Lipinski definition) is 3. The lowest BCUT2D eigenvalue weighted by Crippen LogP contribution is -2.39. The summed E-state index contributed by atoms with van der Waals surface area (Å²) in [5.74, 6) is -0.254. The molecular formula is C12H14BrClN2O3. The van der Waals surface area contributed by atoms with E-state index in [1.54, 1.807) is 0 Å². The molecule has 0 radical (unpaired) electrons. The third-order valence-corrected chi connectivity index (χ3v) is 3.62. The number of nitro groups is 1. The minimum Gasteiger partial charge on any atom is -0.348 e. The minimum absolute atomic E-state index is 0.0148. The second kappa shape index (κ2) is 6.86. The maximum absolute atomic E-state index is 12.1. The molecule has 5 nitrogen and oxygen atoms in total. The number of carbonyl (C=O) groups excluding carboxylic acids is 1. The van der Waals surface area contributed by atoms with E-state index in [9.17, 15) is 14.9 Å². The Morgan fingerprint density at radius 3 is 2.63 bits per heavy atom. The first-order chi connectivity index (χ1) is 8.86. The molecule has 1 aromatic carbocycles. The molecule has 1 N–H and O–H groups in total. The molecule has 7 heteroatoms. The van der Waals surface area contributed by atoms with E-state index >= 15 is 0 Å². The van der Waals surface area contributed by atoms with Gasteiger partial charge in [-0.25, -0.2) is 0 Å². The van der Waals surface area contributed by atoms with E-state index in [0.29, 0.717) is 5.33 Å². The highest BCUT2D eigenvalue weighted by atomic mass is 79.9. The molecule has 0 aromatic heterocycles. The molecule has 0 aliphatic carbocycles. The molecule has 1 amide bonds. The van der Waals surface area contributed by atoms with E-state index in [0.717, 1.165) is 0 Å². The number of nitrogens with one attached hydrogen (secondary N) is 1. The molecule has 0 heterocycles. The molecule has 1 atom stereocenters. The Morgan fingerprint density at radius 1 is 1.53 bits per heavy atom. The SMILES string of the molecule is CC(C)C(CBr)NC(=O)c1ccc(Cl)cc1[N+](=O)[O-]. The van der Waals surface area contributed by atoms with Crippen molar-refractivity contribution in [3.05, 3.63) is 38.9 Å². The largest absolute Gasteiger partial charge is 0.348 e. The lowest BCUT2D eigenvalue weighted by atomic mass is 10.1. The Kier molecular flexibility index (Phi) is 5.75. The van der Waals surface area contributed by atoms with Gasteiger partial charge in [0.05, 0.1) is 4.92 Å². The summed E-state index contributed by atoms with van der Waals surface area (Å²) in [4.78, 5) is 22.4. The third-order valence-electron chi connectivity index (χ3n) is 2.69. The maximum atomic E-state index is 12.1. The summed E-state index contributed by atoms with van der Waals surface area (Å²) < 4.78 is 0. The van der Waals surface area contributed by atoms with Crippen molar-refractivity contribution in [1.29, 1.82) is 0 Å². The molecule has 1 rings (SSSR count). The van der Waals surface area contributed by atoms with Crippen LogP contribution >= 0.6 is 27.5 Å². The number of carbonyl (C=O) groups is 1. The number of halogens is 2. The predicted molar refractivity (Wildman–Crippen MR) is 78.0 cm³/mol. The van der Waals surface area contributed by atoms with Gasteiger partial charge in [0, 0.05) is 22.5 Å². The van der Waals surface area contributed by atoms with E-state index < -0.39 is 10.8 Å². The zero-order chi connectivity index (χ0) is 14.6. The smallest absolute Gasteiger partial charge is 0.283 e. The van der Waals surface area contributed by atoms with Crippen LogP contribution in [0.25, 0.3) is 0 Å². The lowest BCUT2D eigenvalue weighted by Gasteiger charge is -2.19. The summed E-state index contributed by atoms with van der Waals surface area (Å²) in [6.07, 6.45) is 0. The van der Waals surface area contributed by atoms with Gasteiger partial charge in [0.25, 0.3) is 11.6 Å². The van der Waals surface area contributed by atoms with Crippen LogP contribution in [0.3, 0.4) is 0 Å². The Hall–Kier alpha value is -1.14. The van der Waals surface area contributed by atoms with E-state index in [-0.39, 0.29) is 28.2 Å². The summed E-state index contributed by atoms with van der Waals surface area (Å²) in [5, 5.41) is 14.5. The zero-order valence-corrected chi connectivity index (χ0v) is 12.9. The number of nitrogens with zero attached hydrogens (tertiary/aromatic N) is 1. The molecule has 0 spiro atoms. The molecule has 1 unspecified atom stereocenters. The molecule has 0 bridgehead atoms. The summed E-state index contributed by atoms with van der Waals surface area (Å²) in [5.41, 5.74) is -0.275. The van der Waals surface area contributed by atoms with Crippen molar-refractivity contribution >= 4 is 39.1 Å². The fourth-order valence-electron chi connectivity index (χ4n) is 1.48. The molecule has 0 aliphatic heterocycles. The molecule has 104 valence electrons. The maximum Gasteiger partial charge on any atom is 0.283 e. The van der Waals surface area contributed by atoms with Gasteiger partial charge in [0.2, 0.25) is 0 Å². The number of hydrogen-bond donors (Lipinski definition) is 1. The highest BCUT2D eigenvalue weighted by molar-refractivity contribution is 9.09. The molecular weight excluding hydrogens is 336 g/mol. The van der Waals surface area contributed by atoms with Gasteiger partial charge >= 0.3 is 0 Å². The number of nitro benzene ring substituents is 1. The van der Waals surface area contributed by atoms with Crippen LogP contribution < -0.4 is 5.32 Å².